The molecule has 1 saturated carbocycles. The van der Waals surface area contributed by atoms with E-state index in [-0.39, 0.29) is 11.8 Å². The number of amides is 1. The largest absolute Gasteiger partial charge is 0.481 e. The minimum absolute atomic E-state index is 0.148. The summed E-state index contributed by atoms with van der Waals surface area (Å²) < 4.78 is 0. The third-order valence-electron chi connectivity index (χ3n) is 4.45. The number of carboxylic acids is 1. The van der Waals surface area contributed by atoms with E-state index in [0.717, 1.165) is 21.1 Å². The third-order valence-corrected chi connectivity index (χ3v) is 5.49. The van der Waals surface area contributed by atoms with Gasteiger partial charge in [-0.05, 0) is 19.8 Å². The summed E-state index contributed by atoms with van der Waals surface area (Å²) in [5.74, 6) is -1.91. The van der Waals surface area contributed by atoms with Crippen LogP contribution in [-0.4, -0.2) is 28.5 Å². The highest BCUT2D eigenvalue weighted by atomic mass is 32.1. The van der Waals surface area contributed by atoms with Crippen LogP contribution in [-0.2, 0) is 16.0 Å². The number of carbonyl (C=O) groups excluding carboxylic acids is 1. The van der Waals surface area contributed by atoms with Gasteiger partial charge in [-0.15, -0.1) is 11.3 Å². The molecule has 0 bridgehead atoms. The molecule has 1 fully saturated rings. The first kappa shape index (κ1) is 16.6. The van der Waals surface area contributed by atoms with Gasteiger partial charge in [0.05, 0.1) is 22.5 Å². The molecule has 0 saturated heterocycles. The standard InChI is InChI=1S/C18H20N2O3S/c1-11-16(12-5-3-2-4-6-12)20-15(24-11)9-10-19-17(21)13-7-8-14(13)18(22)23/h2-6,13-14H,7-10H2,1H3,(H,19,21)(H,22,23). The Morgan fingerprint density at radius 1 is 1.25 bits per heavy atom. The lowest BCUT2D eigenvalue weighted by Gasteiger charge is -2.31. The molecule has 5 nitrogen and oxygen atoms in total. The molecule has 2 atom stereocenters. The van der Waals surface area contributed by atoms with Crippen LogP contribution in [0.3, 0.4) is 0 Å². The Kier molecular flexibility index (Phi) is 4.94. The summed E-state index contributed by atoms with van der Waals surface area (Å²) in [6.45, 7) is 2.54. The van der Waals surface area contributed by atoms with Crippen molar-refractivity contribution in [1.29, 1.82) is 0 Å². The van der Waals surface area contributed by atoms with Crippen LogP contribution in [0.25, 0.3) is 11.3 Å². The number of rotatable bonds is 6. The van der Waals surface area contributed by atoms with Crippen molar-refractivity contribution in [2.45, 2.75) is 26.2 Å². The molecule has 2 N–H and O–H groups in total. The van der Waals surface area contributed by atoms with E-state index in [1.54, 1.807) is 11.3 Å². The molecular formula is C18H20N2O3S. The second-order valence-electron chi connectivity index (χ2n) is 6.05. The van der Waals surface area contributed by atoms with E-state index in [1.807, 2.05) is 37.3 Å². The predicted molar refractivity (Wildman–Crippen MR) is 92.9 cm³/mol. The van der Waals surface area contributed by atoms with Gasteiger partial charge in [-0.2, -0.15) is 0 Å². The highest BCUT2D eigenvalue weighted by molar-refractivity contribution is 7.12. The number of carbonyl (C=O) groups is 2. The lowest BCUT2D eigenvalue weighted by Crippen LogP contribution is -2.44. The molecule has 1 aliphatic carbocycles. The first-order valence-corrected chi connectivity index (χ1v) is 8.90. The van der Waals surface area contributed by atoms with Gasteiger partial charge in [0.15, 0.2) is 0 Å². The second-order valence-corrected chi connectivity index (χ2v) is 7.34. The zero-order chi connectivity index (χ0) is 17.1. The molecule has 3 rings (SSSR count). The van der Waals surface area contributed by atoms with E-state index < -0.39 is 11.9 Å². The summed E-state index contributed by atoms with van der Waals surface area (Å²) in [6, 6.07) is 10.0. The van der Waals surface area contributed by atoms with Gasteiger partial charge >= 0.3 is 5.97 Å². The number of aromatic nitrogens is 1. The fourth-order valence-electron chi connectivity index (χ4n) is 2.96. The Hall–Kier alpha value is -2.21. The van der Waals surface area contributed by atoms with Crippen LogP contribution in [0.4, 0.5) is 0 Å². The average Bonchev–Trinajstić information content (AvgIpc) is 2.87. The molecule has 24 heavy (non-hydrogen) atoms. The SMILES string of the molecule is Cc1sc(CCNC(=O)C2CCC2C(=O)O)nc1-c1ccccc1. The van der Waals surface area contributed by atoms with Crippen LogP contribution in [0, 0.1) is 18.8 Å². The molecule has 0 aliphatic heterocycles. The van der Waals surface area contributed by atoms with Crippen molar-refractivity contribution in [1.82, 2.24) is 10.3 Å². The van der Waals surface area contributed by atoms with Crippen LogP contribution in [0.15, 0.2) is 30.3 Å². The van der Waals surface area contributed by atoms with Gasteiger partial charge in [-0.1, -0.05) is 30.3 Å². The summed E-state index contributed by atoms with van der Waals surface area (Å²) >= 11 is 1.64. The summed E-state index contributed by atoms with van der Waals surface area (Å²) in [5.41, 5.74) is 2.09. The quantitative estimate of drug-likeness (QED) is 0.844. The van der Waals surface area contributed by atoms with Crippen LogP contribution in [0.5, 0.6) is 0 Å². The number of thiazole rings is 1. The van der Waals surface area contributed by atoms with Crippen LogP contribution in [0.2, 0.25) is 0 Å². The number of hydrogen-bond acceptors (Lipinski definition) is 4. The molecule has 1 aromatic carbocycles. The van der Waals surface area contributed by atoms with Crippen LogP contribution >= 0.6 is 11.3 Å². The number of aliphatic carboxylic acids is 1. The van der Waals surface area contributed by atoms with Crippen molar-refractivity contribution < 1.29 is 14.7 Å². The van der Waals surface area contributed by atoms with E-state index in [9.17, 15) is 9.59 Å². The van der Waals surface area contributed by atoms with Crippen molar-refractivity contribution in [2.24, 2.45) is 11.8 Å². The van der Waals surface area contributed by atoms with Gasteiger partial charge in [0, 0.05) is 23.4 Å². The highest BCUT2D eigenvalue weighted by Crippen LogP contribution is 2.34. The molecule has 1 aliphatic rings. The van der Waals surface area contributed by atoms with Crippen molar-refractivity contribution >= 4 is 23.2 Å². The van der Waals surface area contributed by atoms with Gasteiger partial charge in [-0.25, -0.2) is 4.98 Å². The van der Waals surface area contributed by atoms with Crippen LogP contribution in [0.1, 0.15) is 22.7 Å². The monoisotopic (exact) mass is 344 g/mol. The average molecular weight is 344 g/mol. The number of carboxylic acid groups (broad SMARTS) is 1. The van der Waals surface area contributed by atoms with E-state index in [1.165, 1.54) is 0 Å². The lowest BCUT2D eigenvalue weighted by atomic mass is 9.73. The van der Waals surface area contributed by atoms with Crippen molar-refractivity contribution in [3.8, 4) is 11.3 Å². The maximum atomic E-state index is 12.0. The van der Waals surface area contributed by atoms with Crippen molar-refractivity contribution in [2.75, 3.05) is 6.54 Å². The van der Waals surface area contributed by atoms with Crippen molar-refractivity contribution in [3.63, 3.8) is 0 Å². The Morgan fingerprint density at radius 3 is 2.58 bits per heavy atom. The normalized spacial score (nSPS) is 19.5. The van der Waals surface area contributed by atoms with E-state index in [2.05, 4.69) is 10.3 Å². The molecule has 2 unspecified atom stereocenters. The highest BCUT2D eigenvalue weighted by Gasteiger charge is 2.41. The zero-order valence-electron chi connectivity index (χ0n) is 13.5. The number of nitrogens with zero attached hydrogens (tertiary/aromatic N) is 1. The Bertz CT molecular complexity index is 742. The molecule has 0 radical (unpaired) electrons. The first-order chi connectivity index (χ1) is 11.6. The van der Waals surface area contributed by atoms with Gasteiger partial charge < -0.3 is 10.4 Å². The van der Waals surface area contributed by atoms with E-state index in [4.69, 9.17) is 5.11 Å². The molecule has 2 aromatic rings. The van der Waals surface area contributed by atoms with Crippen molar-refractivity contribution in [3.05, 3.63) is 40.2 Å². The number of benzene rings is 1. The third kappa shape index (κ3) is 3.48. The number of nitrogens with one attached hydrogen (secondary N) is 1. The predicted octanol–water partition coefficient (Wildman–Crippen LogP) is 2.89. The summed E-state index contributed by atoms with van der Waals surface area (Å²) in [6.07, 6.45) is 1.92. The zero-order valence-corrected chi connectivity index (χ0v) is 14.3. The Balaban J connectivity index is 1.54. The van der Waals surface area contributed by atoms with Crippen LogP contribution < -0.4 is 5.32 Å². The molecule has 1 aromatic heterocycles. The molecule has 6 heteroatoms. The van der Waals surface area contributed by atoms with E-state index in [0.29, 0.717) is 25.8 Å². The molecule has 126 valence electrons. The van der Waals surface area contributed by atoms with E-state index >= 15 is 0 Å². The fourth-order valence-corrected chi connectivity index (χ4v) is 3.91. The van der Waals surface area contributed by atoms with Gasteiger partial charge in [0.2, 0.25) is 5.91 Å². The molecular weight excluding hydrogens is 324 g/mol. The second kappa shape index (κ2) is 7.13. The van der Waals surface area contributed by atoms with Gasteiger partial charge in [-0.3, -0.25) is 9.59 Å². The topological polar surface area (TPSA) is 79.3 Å². The Labute approximate surface area is 144 Å². The molecule has 0 spiro atoms. The maximum Gasteiger partial charge on any atom is 0.307 e. The number of hydrogen-bond donors (Lipinski definition) is 2. The maximum absolute atomic E-state index is 12.0. The summed E-state index contributed by atoms with van der Waals surface area (Å²) in [7, 11) is 0. The summed E-state index contributed by atoms with van der Waals surface area (Å²) in [4.78, 5) is 28.8. The first-order valence-electron chi connectivity index (χ1n) is 8.08. The minimum atomic E-state index is -0.871. The number of aryl methyl sites for hydroxylation is 1. The van der Waals surface area contributed by atoms with Gasteiger partial charge in [0.1, 0.15) is 0 Å². The Morgan fingerprint density at radius 2 is 1.96 bits per heavy atom. The fraction of sp³-hybridized carbons (Fsp3) is 0.389. The smallest absolute Gasteiger partial charge is 0.307 e. The molecule has 1 amide bonds. The molecule has 1 heterocycles. The minimum Gasteiger partial charge on any atom is -0.481 e. The van der Waals surface area contributed by atoms with Gasteiger partial charge in [0.25, 0.3) is 0 Å². The summed E-state index contributed by atoms with van der Waals surface area (Å²) in [5, 5.41) is 12.8. The lowest BCUT2D eigenvalue weighted by molar-refractivity contribution is -0.152.